The Balaban J connectivity index is 2.47. The van der Waals surface area contributed by atoms with Crippen LogP contribution in [0.25, 0.3) is 0 Å². The van der Waals surface area contributed by atoms with Crippen LogP contribution in [0, 0.1) is 5.82 Å². The molecule has 0 aromatic heterocycles. The van der Waals surface area contributed by atoms with Crippen LogP contribution in [0.15, 0.2) is 23.1 Å². The van der Waals surface area contributed by atoms with E-state index in [0.29, 0.717) is 6.54 Å². The van der Waals surface area contributed by atoms with Crippen LogP contribution in [-0.4, -0.2) is 5.75 Å². The van der Waals surface area contributed by atoms with Crippen molar-refractivity contribution in [2.45, 2.75) is 37.6 Å². The maximum Gasteiger partial charge on any atom is 0.137 e. The fraction of sp³-hybridized carbons (Fsp3) is 0.500. The lowest BCUT2D eigenvalue weighted by Crippen LogP contribution is -1.97. The summed E-state index contributed by atoms with van der Waals surface area (Å²) in [7, 11) is 0. The number of thioether (sulfide) groups is 1. The van der Waals surface area contributed by atoms with E-state index in [1.54, 1.807) is 11.8 Å². The van der Waals surface area contributed by atoms with Crippen molar-refractivity contribution in [1.82, 2.24) is 0 Å². The molecule has 0 heterocycles. The van der Waals surface area contributed by atoms with Gasteiger partial charge in [-0.25, -0.2) is 4.39 Å². The minimum Gasteiger partial charge on any atom is -0.326 e. The molecular weight excluding hydrogens is 209 g/mol. The molecule has 3 heteroatoms. The molecule has 2 N–H and O–H groups in total. The van der Waals surface area contributed by atoms with Gasteiger partial charge < -0.3 is 5.73 Å². The third-order valence-electron chi connectivity index (χ3n) is 2.24. The van der Waals surface area contributed by atoms with E-state index >= 15 is 0 Å². The van der Waals surface area contributed by atoms with Crippen LogP contribution >= 0.6 is 11.8 Å². The van der Waals surface area contributed by atoms with Gasteiger partial charge in [0.1, 0.15) is 5.82 Å². The third kappa shape index (κ3) is 4.22. The lowest BCUT2D eigenvalue weighted by Gasteiger charge is -2.04. The van der Waals surface area contributed by atoms with Crippen LogP contribution in [-0.2, 0) is 6.54 Å². The molecule has 1 nitrogen and oxygen atoms in total. The normalized spacial score (nSPS) is 10.6. The summed E-state index contributed by atoms with van der Waals surface area (Å²) < 4.78 is 13.5. The van der Waals surface area contributed by atoms with Crippen molar-refractivity contribution in [2.24, 2.45) is 5.73 Å². The second-order valence-electron chi connectivity index (χ2n) is 3.52. The zero-order chi connectivity index (χ0) is 11.1. The van der Waals surface area contributed by atoms with Crippen molar-refractivity contribution in [3.63, 3.8) is 0 Å². The Morgan fingerprint density at radius 2 is 2.13 bits per heavy atom. The molecule has 84 valence electrons. The fourth-order valence-corrected chi connectivity index (χ4v) is 2.25. The van der Waals surface area contributed by atoms with Gasteiger partial charge in [0.2, 0.25) is 0 Å². The average Bonchev–Trinajstić information content (AvgIpc) is 2.26. The van der Waals surface area contributed by atoms with Crippen LogP contribution in [0.3, 0.4) is 0 Å². The van der Waals surface area contributed by atoms with Gasteiger partial charge in [-0.15, -0.1) is 11.8 Å². The fourth-order valence-electron chi connectivity index (χ4n) is 1.32. The van der Waals surface area contributed by atoms with Crippen LogP contribution in [0.1, 0.15) is 31.7 Å². The number of rotatable bonds is 6. The smallest absolute Gasteiger partial charge is 0.137 e. The molecule has 1 rings (SSSR count). The quantitative estimate of drug-likeness (QED) is 0.594. The Labute approximate surface area is 95.2 Å². The molecule has 1 aromatic rings. The van der Waals surface area contributed by atoms with E-state index in [4.69, 9.17) is 5.73 Å². The Hall–Kier alpha value is -0.540. The molecule has 0 aliphatic heterocycles. The first-order valence-corrected chi connectivity index (χ1v) is 6.37. The molecule has 0 unspecified atom stereocenters. The molecule has 0 atom stereocenters. The second kappa shape index (κ2) is 6.85. The monoisotopic (exact) mass is 227 g/mol. The predicted molar refractivity (Wildman–Crippen MR) is 64.5 cm³/mol. The van der Waals surface area contributed by atoms with Crippen LogP contribution in [0.2, 0.25) is 0 Å². The highest BCUT2D eigenvalue weighted by molar-refractivity contribution is 7.99. The molecule has 0 aliphatic rings. The molecule has 0 fully saturated rings. The summed E-state index contributed by atoms with van der Waals surface area (Å²) in [4.78, 5) is 0.739. The number of benzene rings is 1. The highest BCUT2D eigenvalue weighted by atomic mass is 32.2. The molecule has 0 bridgehead atoms. The zero-order valence-corrected chi connectivity index (χ0v) is 9.95. The van der Waals surface area contributed by atoms with Gasteiger partial charge in [-0.1, -0.05) is 25.8 Å². The van der Waals surface area contributed by atoms with Gasteiger partial charge >= 0.3 is 0 Å². The number of nitrogens with two attached hydrogens (primary N) is 1. The van der Waals surface area contributed by atoms with Crippen LogP contribution in [0.4, 0.5) is 4.39 Å². The van der Waals surface area contributed by atoms with Gasteiger partial charge in [0, 0.05) is 11.4 Å². The van der Waals surface area contributed by atoms with Gasteiger partial charge in [-0.3, -0.25) is 0 Å². The second-order valence-corrected chi connectivity index (χ2v) is 4.66. The molecular formula is C12H18FNS. The van der Waals surface area contributed by atoms with E-state index in [2.05, 4.69) is 6.92 Å². The average molecular weight is 227 g/mol. The van der Waals surface area contributed by atoms with E-state index in [-0.39, 0.29) is 5.82 Å². The SMILES string of the molecule is CCCCCSc1ccc(CN)cc1F. The summed E-state index contributed by atoms with van der Waals surface area (Å²) in [6.07, 6.45) is 3.57. The molecule has 0 saturated carbocycles. The lowest BCUT2D eigenvalue weighted by atomic mass is 10.2. The number of hydrogen-bond donors (Lipinski definition) is 1. The molecule has 0 aliphatic carbocycles. The minimum absolute atomic E-state index is 0.139. The molecule has 15 heavy (non-hydrogen) atoms. The summed E-state index contributed by atoms with van der Waals surface area (Å²) in [5.74, 6) is 0.853. The third-order valence-corrected chi connectivity index (χ3v) is 3.37. The van der Waals surface area contributed by atoms with Gasteiger partial charge in [-0.05, 0) is 29.9 Å². The minimum atomic E-state index is -0.139. The van der Waals surface area contributed by atoms with Crippen LogP contribution in [0.5, 0.6) is 0 Å². The van der Waals surface area contributed by atoms with E-state index in [0.717, 1.165) is 22.6 Å². The van der Waals surface area contributed by atoms with Crippen LogP contribution < -0.4 is 5.73 Å². The molecule has 0 saturated heterocycles. The van der Waals surface area contributed by atoms with Crippen molar-refractivity contribution in [1.29, 1.82) is 0 Å². The maximum atomic E-state index is 13.5. The summed E-state index contributed by atoms with van der Waals surface area (Å²) in [5.41, 5.74) is 6.29. The van der Waals surface area contributed by atoms with Gasteiger partial charge in [0.15, 0.2) is 0 Å². The standard InChI is InChI=1S/C12H18FNS/c1-2-3-4-7-15-12-6-5-10(9-14)8-11(12)13/h5-6,8H,2-4,7,9,14H2,1H3. The van der Waals surface area contributed by atoms with E-state index in [1.165, 1.54) is 18.9 Å². The summed E-state index contributed by atoms with van der Waals surface area (Å²) in [5, 5.41) is 0. The number of unbranched alkanes of at least 4 members (excludes halogenated alkanes) is 2. The van der Waals surface area contributed by atoms with Crippen molar-refractivity contribution in [3.8, 4) is 0 Å². The van der Waals surface area contributed by atoms with Gasteiger partial charge in [0.25, 0.3) is 0 Å². The van der Waals surface area contributed by atoms with Crippen molar-refractivity contribution in [3.05, 3.63) is 29.6 Å². The highest BCUT2D eigenvalue weighted by Crippen LogP contribution is 2.23. The topological polar surface area (TPSA) is 26.0 Å². The number of hydrogen-bond acceptors (Lipinski definition) is 2. The molecule has 1 aromatic carbocycles. The van der Waals surface area contributed by atoms with E-state index in [1.807, 2.05) is 12.1 Å². The molecule has 0 radical (unpaired) electrons. The van der Waals surface area contributed by atoms with E-state index in [9.17, 15) is 4.39 Å². The first-order chi connectivity index (χ1) is 7.27. The first kappa shape index (κ1) is 12.5. The predicted octanol–water partition coefficient (Wildman–Crippen LogP) is 3.57. The summed E-state index contributed by atoms with van der Waals surface area (Å²) in [6, 6.07) is 5.25. The van der Waals surface area contributed by atoms with Gasteiger partial charge in [-0.2, -0.15) is 0 Å². The Morgan fingerprint density at radius 1 is 1.33 bits per heavy atom. The largest absolute Gasteiger partial charge is 0.326 e. The number of halogens is 1. The highest BCUT2D eigenvalue weighted by Gasteiger charge is 2.03. The zero-order valence-electron chi connectivity index (χ0n) is 9.13. The lowest BCUT2D eigenvalue weighted by molar-refractivity contribution is 0.599. The Morgan fingerprint density at radius 3 is 2.73 bits per heavy atom. The van der Waals surface area contributed by atoms with Crippen molar-refractivity contribution >= 4 is 11.8 Å². The van der Waals surface area contributed by atoms with Crippen molar-refractivity contribution in [2.75, 3.05) is 5.75 Å². The van der Waals surface area contributed by atoms with Gasteiger partial charge in [0.05, 0.1) is 0 Å². The van der Waals surface area contributed by atoms with Crippen molar-refractivity contribution < 1.29 is 4.39 Å². The van der Waals surface area contributed by atoms with E-state index < -0.39 is 0 Å². The first-order valence-electron chi connectivity index (χ1n) is 5.39. The Kier molecular flexibility index (Phi) is 5.73. The summed E-state index contributed by atoms with van der Waals surface area (Å²) >= 11 is 1.59. The summed E-state index contributed by atoms with van der Waals surface area (Å²) in [6.45, 7) is 2.57. The molecule has 0 spiro atoms. The molecule has 0 amide bonds. The Bertz CT molecular complexity index is 302. The maximum absolute atomic E-state index is 13.5.